The Morgan fingerprint density at radius 1 is 1.33 bits per heavy atom. The van der Waals surface area contributed by atoms with E-state index in [1.165, 1.54) is 18.2 Å². The number of rotatable bonds is 11. The molecule has 2 N–H and O–H groups in total. The number of imidazole rings is 1. The van der Waals surface area contributed by atoms with Crippen molar-refractivity contribution >= 4 is 27.5 Å². The number of hydrogen-bond acceptors (Lipinski definition) is 5. The standard InChI is InChI=1S/C17H23ClN4O4S/c1-2-6-21-27(24,25)14-4-5-16(15(18)11-14)26-12-17(23)20-7-3-9-22-10-8-19-13-22/h4-5,8,10-11,13,21H,2-3,6-7,9,12H2,1H3,(H,20,23). The molecular formula is C17H23ClN4O4S. The van der Waals surface area contributed by atoms with E-state index in [9.17, 15) is 13.2 Å². The van der Waals surface area contributed by atoms with Gasteiger partial charge in [-0.15, -0.1) is 0 Å². The number of amides is 1. The van der Waals surface area contributed by atoms with Crippen molar-refractivity contribution in [1.29, 1.82) is 0 Å². The second-order valence-electron chi connectivity index (χ2n) is 5.78. The van der Waals surface area contributed by atoms with E-state index in [2.05, 4.69) is 15.0 Å². The number of carbonyl (C=O) groups excluding carboxylic acids is 1. The summed E-state index contributed by atoms with van der Waals surface area (Å²) in [5, 5.41) is 2.87. The van der Waals surface area contributed by atoms with E-state index in [1.807, 2.05) is 17.7 Å². The zero-order valence-electron chi connectivity index (χ0n) is 15.0. The number of benzene rings is 1. The molecule has 0 bridgehead atoms. The highest BCUT2D eigenvalue weighted by molar-refractivity contribution is 7.89. The van der Waals surface area contributed by atoms with Crippen molar-refractivity contribution in [3.8, 4) is 5.75 Å². The fraction of sp³-hybridized carbons (Fsp3) is 0.412. The Labute approximate surface area is 163 Å². The minimum Gasteiger partial charge on any atom is -0.482 e. The largest absolute Gasteiger partial charge is 0.482 e. The molecule has 2 aromatic rings. The molecule has 0 aliphatic heterocycles. The van der Waals surface area contributed by atoms with Crippen LogP contribution >= 0.6 is 11.6 Å². The summed E-state index contributed by atoms with van der Waals surface area (Å²) < 4.78 is 33.9. The lowest BCUT2D eigenvalue weighted by Crippen LogP contribution is -2.30. The number of nitrogens with one attached hydrogen (secondary N) is 2. The van der Waals surface area contributed by atoms with E-state index in [1.54, 1.807) is 12.5 Å². The fourth-order valence-electron chi connectivity index (χ4n) is 2.19. The highest BCUT2D eigenvalue weighted by atomic mass is 35.5. The minimum absolute atomic E-state index is 0.0530. The maximum Gasteiger partial charge on any atom is 0.257 e. The third kappa shape index (κ3) is 6.85. The van der Waals surface area contributed by atoms with Gasteiger partial charge in [-0.1, -0.05) is 18.5 Å². The van der Waals surface area contributed by atoms with E-state index in [0.29, 0.717) is 19.5 Å². The minimum atomic E-state index is -3.60. The van der Waals surface area contributed by atoms with Gasteiger partial charge in [0.2, 0.25) is 10.0 Å². The number of hydrogen-bond donors (Lipinski definition) is 2. The molecule has 0 spiro atoms. The van der Waals surface area contributed by atoms with Crippen LogP contribution in [0.15, 0.2) is 41.8 Å². The molecule has 27 heavy (non-hydrogen) atoms. The lowest BCUT2D eigenvalue weighted by atomic mass is 10.3. The third-order valence-electron chi connectivity index (χ3n) is 3.59. The van der Waals surface area contributed by atoms with E-state index < -0.39 is 10.0 Å². The van der Waals surface area contributed by atoms with Crippen molar-refractivity contribution in [1.82, 2.24) is 19.6 Å². The summed E-state index contributed by atoms with van der Waals surface area (Å²) >= 11 is 6.08. The zero-order valence-corrected chi connectivity index (χ0v) is 16.6. The lowest BCUT2D eigenvalue weighted by molar-refractivity contribution is -0.123. The lowest BCUT2D eigenvalue weighted by Gasteiger charge is -2.11. The van der Waals surface area contributed by atoms with Crippen LogP contribution in [0, 0.1) is 0 Å². The van der Waals surface area contributed by atoms with E-state index in [0.717, 1.165) is 13.0 Å². The van der Waals surface area contributed by atoms with Gasteiger partial charge in [0.1, 0.15) is 5.75 Å². The first-order valence-corrected chi connectivity index (χ1v) is 10.4. The third-order valence-corrected chi connectivity index (χ3v) is 5.34. The van der Waals surface area contributed by atoms with Gasteiger partial charge < -0.3 is 14.6 Å². The molecule has 1 amide bonds. The second kappa shape index (κ2) is 10.3. The number of halogens is 1. The Balaban J connectivity index is 1.78. The van der Waals surface area contributed by atoms with Crippen LogP contribution < -0.4 is 14.8 Å². The molecule has 0 fully saturated rings. The summed E-state index contributed by atoms with van der Waals surface area (Å²) in [6.45, 7) is 3.28. The van der Waals surface area contributed by atoms with Gasteiger partial charge in [0.15, 0.2) is 6.61 Å². The Hall–Kier alpha value is -2.10. The maximum atomic E-state index is 12.1. The van der Waals surface area contributed by atoms with Gasteiger partial charge in [0, 0.05) is 32.0 Å². The molecule has 0 saturated heterocycles. The van der Waals surface area contributed by atoms with Gasteiger partial charge in [-0.05, 0) is 31.0 Å². The molecule has 0 aliphatic rings. The SMILES string of the molecule is CCCNS(=O)(=O)c1ccc(OCC(=O)NCCCn2ccnc2)c(Cl)c1. The number of ether oxygens (including phenoxy) is 1. The molecule has 0 atom stereocenters. The van der Waals surface area contributed by atoms with Crippen molar-refractivity contribution < 1.29 is 17.9 Å². The van der Waals surface area contributed by atoms with Crippen molar-refractivity contribution in [2.45, 2.75) is 31.2 Å². The Bertz CT molecular complexity index is 841. The molecule has 2 rings (SSSR count). The Morgan fingerprint density at radius 3 is 2.81 bits per heavy atom. The first-order valence-electron chi connectivity index (χ1n) is 8.57. The number of sulfonamides is 1. The van der Waals surface area contributed by atoms with Crippen LogP contribution in [-0.4, -0.2) is 43.6 Å². The van der Waals surface area contributed by atoms with Crippen LogP contribution in [0.1, 0.15) is 19.8 Å². The second-order valence-corrected chi connectivity index (χ2v) is 7.96. The van der Waals surface area contributed by atoms with Gasteiger partial charge in [-0.3, -0.25) is 4.79 Å². The summed E-state index contributed by atoms with van der Waals surface area (Å²) in [4.78, 5) is 15.8. The van der Waals surface area contributed by atoms with Crippen molar-refractivity contribution in [2.75, 3.05) is 19.7 Å². The quantitative estimate of drug-likeness (QED) is 0.546. The van der Waals surface area contributed by atoms with Crippen LogP contribution in [0.25, 0.3) is 0 Å². The van der Waals surface area contributed by atoms with Gasteiger partial charge in [-0.25, -0.2) is 18.1 Å². The molecular weight excluding hydrogens is 392 g/mol. The van der Waals surface area contributed by atoms with Crippen molar-refractivity contribution in [3.63, 3.8) is 0 Å². The normalized spacial score (nSPS) is 11.3. The predicted molar refractivity (Wildman–Crippen MR) is 102 cm³/mol. The summed E-state index contributed by atoms with van der Waals surface area (Å²) in [5.41, 5.74) is 0. The van der Waals surface area contributed by atoms with E-state index in [-0.39, 0.29) is 28.2 Å². The van der Waals surface area contributed by atoms with Crippen LogP contribution in [0.4, 0.5) is 0 Å². The van der Waals surface area contributed by atoms with Gasteiger partial charge in [0.05, 0.1) is 16.2 Å². The fourth-order valence-corrected chi connectivity index (χ4v) is 3.65. The van der Waals surface area contributed by atoms with Crippen molar-refractivity contribution in [3.05, 3.63) is 41.9 Å². The predicted octanol–water partition coefficient (Wildman–Crippen LogP) is 1.81. The van der Waals surface area contributed by atoms with Crippen LogP contribution in [0.2, 0.25) is 5.02 Å². The number of carbonyl (C=O) groups is 1. The summed E-state index contributed by atoms with van der Waals surface area (Å²) in [6, 6.07) is 4.13. The topological polar surface area (TPSA) is 102 Å². The monoisotopic (exact) mass is 414 g/mol. The first kappa shape index (κ1) is 21.2. The highest BCUT2D eigenvalue weighted by Gasteiger charge is 2.15. The number of aromatic nitrogens is 2. The number of nitrogens with zero attached hydrogens (tertiary/aromatic N) is 2. The zero-order chi connectivity index (χ0) is 19.7. The molecule has 0 unspecified atom stereocenters. The van der Waals surface area contributed by atoms with Crippen LogP contribution in [0.3, 0.4) is 0 Å². The maximum absolute atomic E-state index is 12.1. The molecule has 8 nitrogen and oxygen atoms in total. The molecule has 1 heterocycles. The summed E-state index contributed by atoms with van der Waals surface area (Å²) in [6.07, 6.45) is 6.72. The smallest absolute Gasteiger partial charge is 0.257 e. The molecule has 1 aromatic heterocycles. The van der Waals surface area contributed by atoms with Crippen LogP contribution in [0.5, 0.6) is 5.75 Å². The van der Waals surface area contributed by atoms with Crippen molar-refractivity contribution in [2.24, 2.45) is 0 Å². The number of aryl methyl sites for hydroxylation is 1. The van der Waals surface area contributed by atoms with Gasteiger partial charge in [0.25, 0.3) is 5.91 Å². The van der Waals surface area contributed by atoms with Gasteiger partial charge in [-0.2, -0.15) is 0 Å². The summed E-state index contributed by atoms with van der Waals surface area (Å²) in [5.74, 6) is -0.0299. The molecule has 148 valence electrons. The molecule has 1 aromatic carbocycles. The average molecular weight is 415 g/mol. The molecule has 10 heteroatoms. The summed E-state index contributed by atoms with van der Waals surface area (Å²) in [7, 11) is -3.60. The van der Waals surface area contributed by atoms with Crippen LogP contribution in [-0.2, 0) is 21.4 Å². The molecule has 0 radical (unpaired) electrons. The van der Waals surface area contributed by atoms with E-state index >= 15 is 0 Å². The average Bonchev–Trinajstić information content (AvgIpc) is 3.16. The van der Waals surface area contributed by atoms with E-state index in [4.69, 9.17) is 16.3 Å². The highest BCUT2D eigenvalue weighted by Crippen LogP contribution is 2.27. The Morgan fingerprint density at radius 2 is 2.15 bits per heavy atom. The molecule has 0 saturated carbocycles. The first-order chi connectivity index (χ1) is 12.9. The Kier molecular flexibility index (Phi) is 8.08. The molecule has 0 aliphatic carbocycles. The van der Waals surface area contributed by atoms with Gasteiger partial charge >= 0.3 is 0 Å².